The maximum absolute atomic E-state index is 14.3. The minimum Gasteiger partial charge on any atom is -0.379 e. The Morgan fingerprint density at radius 1 is 1.14 bits per heavy atom. The number of hydrogen-bond donors (Lipinski definition) is 0. The lowest BCUT2D eigenvalue weighted by Gasteiger charge is -2.27. The molecule has 190 valence electrons. The average Bonchev–Trinajstić information content (AvgIpc) is 3.27. The largest absolute Gasteiger partial charge is 0.379 e. The Labute approximate surface area is 214 Å². The van der Waals surface area contributed by atoms with Crippen molar-refractivity contribution in [2.75, 3.05) is 58.4 Å². The highest BCUT2D eigenvalue weighted by atomic mass is 35.5. The number of hydrogen-bond acceptors (Lipinski definition) is 7. The molecule has 8 nitrogen and oxygen atoms in total. The molecule has 0 N–H and O–H groups in total. The highest BCUT2D eigenvalue weighted by molar-refractivity contribution is 7.89. The minimum atomic E-state index is -3.60. The zero-order valence-electron chi connectivity index (χ0n) is 19.5. The lowest BCUT2D eigenvalue weighted by molar-refractivity contribution is 0.0376. The van der Waals surface area contributed by atoms with Gasteiger partial charge in [0, 0.05) is 45.8 Å². The Bertz CT molecular complexity index is 1260. The summed E-state index contributed by atoms with van der Waals surface area (Å²) in [6.45, 7) is 4.29. The Kier molecular flexibility index (Phi) is 9.19. The van der Waals surface area contributed by atoms with Gasteiger partial charge in [-0.05, 0) is 42.8 Å². The van der Waals surface area contributed by atoms with Gasteiger partial charge in [0.1, 0.15) is 11.3 Å². The van der Waals surface area contributed by atoms with Crippen LogP contribution in [0.1, 0.15) is 16.8 Å². The third-order valence-electron chi connectivity index (χ3n) is 5.67. The molecule has 0 aliphatic carbocycles. The number of sulfonamides is 1. The predicted octanol–water partition coefficient (Wildman–Crippen LogP) is 3.48. The van der Waals surface area contributed by atoms with Crippen molar-refractivity contribution in [1.29, 1.82) is 0 Å². The fourth-order valence-corrected chi connectivity index (χ4v) is 5.62. The molecule has 0 spiro atoms. The lowest BCUT2D eigenvalue weighted by atomic mass is 10.2. The van der Waals surface area contributed by atoms with Crippen molar-refractivity contribution in [2.45, 2.75) is 11.3 Å². The fraction of sp³-hybridized carbons (Fsp3) is 0.391. The van der Waals surface area contributed by atoms with Gasteiger partial charge in [-0.2, -0.15) is 0 Å². The maximum Gasteiger partial charge on any atom is 0.260 e. The van der Waals surface area contributed by atoms with Crippen molar-refractivity contribution in [3.05, 3.63) is 53.8 Å². The summed E-state index contributed by atoms with van der Waals surface area (Å²) in [6.07, 6.45) is 0.706. The van der Waals surface area contributed by atoms with Crippen LogP contribution < -0.4 is 4.90 Å². The van der Waals surface area contributed by atoms with E-state index < -0.39 is 15.8 Å². The number of morpholine rings is 1. The molecule has 0 atom stereocenters. The summed E-state index contributed by atoms with van der Waals surface area (Å²) in [5.41, 5.74) is 0.574. The van der Waals surface area contributed by atoms with Crippen LogP contribution in [-0.2, 0) is 14.8 Å². The van der Waals surface area contributed by atoms with Crippen molar-refractivity contribution in [3.8, 4) is 0 Å². The van der Waals surface area contributed by atoms with Gasteiger partial charge in [0.25, 0.3) is 5.91 Å². The summed E-state index contributed by atoms with van der Waals surface area (Å²) in [5.74, 6) is -0.741. The minimum absolute atomic E-state index is 0. The number of anilines is 1. The van der Waals surface area contributed by atoms with Gasteiger partial charge in [0.05, 0.1) is 22.8 Å². The number of carbonyl (C=O) groups excluding carboxylic acids is 1. The Morgan fingerprint density at radius 2 is 1.83 bits per heavy atom. The summed E-state index contributed by atoms with van der Waals surface area (Å²) in [5, 5.41) is 0.414. The second kappa shape index (κ2) is 11.7. The van der Waals surface area contributed by atoms with Crippen molar-refractivity contribution in [1.82, 2.24) is 14.2 Å². The van der Waals surface area contributed by atoms with Gasteiger partial charge in [-0.3, -0.25) is 14.6 Å². The van der Waals surface area contributed by atoms with Gasteiger partial charge < -0.3 is 4.74 Å². The van der Waals surface area contributed by atoms with E-state index >= 15 is 0 Å². The van der Waals surface area contributed by atoms with Crippen LogP contribution in [0.5, 0.6) is 0 Å². The Balaban J connectivity index is 0.00000342. The maximum atomic E-state index is 14.3. The molecule has 2 heterocycles. The standard InChI is InChI=1S/C23H27FN4O4S2.ClH/c1-26(2)34(30,31)18-9-7-17(8-10-18)22(29)28(12-4-11-27-13-15-32-16-14-27)23-25-21-19(24)5-3-6-20(21)33-23;/h3,5-10H,4,11-16H2,1-2H3;1H. The first-order chi connectivity index (χ1) is 16.3. The van der Waals surface area contributed by atoms with E-state index in [1.54, 1.807) is 17.0 Å². The second-order valence-electron chi connectivity index (χ2n) is 8.16. The Hall–Kier alpha value is -2.15. The number of fused-ring (bicyclic) bond motifs is 1. The van der Waals surface area contributed by atoms with Crippen LogP contribution in [0.25, 0.3) is 10.2 Å². The summed E-state index contributed by atoms with van der Waals surface area (Å²) in [4.78, 5) is 21.9. The lowest BCUT2D eigenvalue weighted by Crippen LogP contribution is -2.39. The first-order valence-electron chi connectivity index (χ1n) is 11.0. The van der Waals surface area contributed by atoms with Crippen LogP contribution in [-0.4, -0.2) is 82.0 Å². The zero-order valence-corrected chi connectivity index (χ0v) is 22.0. The normalized spacial score (nSPS) is 14.7. The van der Waals surface area contributed by atoms with Gasteiger partial charge in [-0.25, -0.2) is 22.1 Å². The van der Waals surface area contributed by atoms with Crippen LogP contribution in [0.3, 0.4) is 0 Å². The number of carbonyl (C=O) groups is 1. The quantitative estimate of drug-likeness (QED) is 0.433. The number of amides is 1. The van der Waals surface area contributed by atoms with Gasteiger partial charge in [0.15, 0.2) is 5.13 Å². The smallest absolute Gasteiger partial charge is 0.260 e. The molecule has 3 aromatic rings. The van der Waals surface area contributed by atoms with Crippen LogP contribution in [0.15, 0.2) is 47.4 Å². The molecule has 1 aliphatic rings. The number of ether oxygens (including phenoxy) is 1. The highest BCUT2D eigenvalue weighted by Crippen LogP contribution is 2.31. The van der Waals surface area contributed by atoms with Gasteiger partial charge in [-0.1, -0.05) is 17.4 Å². The van der Waals surface area contributed by atoms with E-state index in [1.165, 1.54) is 55.8 Å². The van der Waals surface area contributed by atoms with Gasteiger partial charge >= 0.3 is 0 Å². The molecule has 2 aromatic carbocycles. The van der Waals surface area contributed by atoms with Crippen LogP contribution in [0.4, 0.5) is 9.52 Å². The predicted molar refractivity (Wildman–Crippen MR) is 138 cm³/mol. The number of aromatic nitrogens is 1. The zero-order chi connectivity index (χ0) is 24.3. The Morgan fingerprint density at radius 3 is 2.46 bits per heavy atom. The molecule has 0 bridgehead atoms. The van der Waals surface area contributed by atoms with E-state index in [0.29, 0.717) is 41.6 Å². The average molecular weight is 543 g/mol. The first-order valence-corrected chi connectivity index (χ1v) is 13.2. The molecule has 0 unspecified atom stereocenters. The molecule has 0 saturated carbocycles. The number of nitrogens with zero attached hydrogens (tertiary/aromatic N) is 4. The summed E-state index contributed by atoms with van der Waals surface area (Å²) < 4.78 is 46.2. The van der Waals surface area contributed by atoms with E-state index in [9.17, 15) is 17.6 Å². The summed E-state index contributed by atoms with van der Waals surface area (Å²) >= 11 is 1.26. The first kappa shape index (κ1) is 27.4. The van der Waals surface area contributed by atoms with Gasteiger partial charge in [0.2, 0.25) is 10.0 Å². The summed E-state index contributed by atoms with van der Waals surface area (Å²) in [6, 6.07) is 10.6. The van der Waals surface area contributed by atoms with Crippen molar-refractivity contribution >= 4 is 55.0 Å². The van der Waals surface area contributed by atoms with Gasteiger partial charge in [-0.15, -0.1) is 12.4 Å². The molecule has 1 fully saturated rings. The number of benzene rings is 2. The van der Waals surface area contributed by atoms with E-state index in [0.717, 1.165) is 23.9 Å². The van der Waals surface area contributed by atoms with E-state index in [-0.39, 0.29) is 28.7 Å². The van der Waals surface area contributed by atoms with Crippen LogP contribution in [0, 0.1) is 5.82 Å². The van der Waals surface area contributed by atoms with Crippen molar-refractivity contribution in [3.63, 3.8) is 0 Å². The topological polar surface area (TPSA) is 83.1 Å². The van der Waals surface area contributed by atoms with Crippen molar-refractivity contribution < 1.29 is 22.3 Å². The third-order valence-corrected chi connectivity index (χ3v) is 8.55. The third kappa shape index (κ3) is 6.16. The van der Waals surface area contributed by atoms with E-state index in [4.69, 9.17) is 4.74 Å². The molecule has 1 amide bonds. The molecular weight excluding hydrogens is 515 g/mol. The molecule has 12 heteroatoms. The number of rotatable bonds is 8. The highest BCUT2D eigenvalue weighted by Gasteiger charge is 2.24. The monoisotopic (exact) mass is 542 g/mol. The molecule has 1 aromatic heterocycles. The molecule has 35 heavy (non-hydrogen) atoms. The molecule has 1 aliphatic heterocycles. The second-order valence-corrected chi connectivity index (χ2v) is 11.3. The number of thiazole rings is 1. The molecule has 4 rings (SSSR count). The van der Waals surface area contributed by atoms with E-state index in [1.807, 2.05) is 0 Å². The SMILES string of the molecule is CN(C)S(=O)(=O)c1ccc(C(=O)N(CCCN2CCOCC2)c2nc3c(F)cccc3s2)cc1.Cl. The van der Waals surface area contributed by atoms with Crippen LogP contribution in [0.2, 0.25) is 0 Å². The number of halogens is 2. The van der Waals surface area contributed by atoms with E-state index in [2.05, 4.69) is 9.88 Å². The molecule has 1 saturated heterocycles. The fourth-order valence-electron chi connectivity index (χ4n) is 3.72. The van der Waals surface area contributed by atoms with Crippen LogP contribution >= 0.6 is 23.7 Å². The van der Waals surface area contributed by atoms with Crippen molar-refractivity contribution in [2.24, 2.45) is 0 Å². The molecule has 0 radical (unpaired) electrons. The summed E-state index contributed by atoms with van der Waals surface area (Å²) in [7, 11) is -0.689. The number of para-hydroxylation sites is 1. The molecular formula is C23H28ClFN4O4S2.